The molecule has 1 atom stereocenters. The average molecular weight is 231 g/mol. The molecular formula is C14H17NO2. The maximum atomic E-state index is 11.3. The maximum absolute atomic E-state index is 11.3. The van der Waals surface area contributed by atoms with E-state index in [4.69, 9.17) is 0 Å². The van der Waals surface area contributed by atoms with Gasteiger partial charge in [0, 0.05) is 12.0 Å². The second-order valence-electron chi connectivity index (χ2n) is 4.14. The zero-order valence-electron chi connectivity index (χ0n) is 10.2. The van der Waals surface area contributed by atoms with Gasteiger partial charge < -0.3 is 10.4 Å². The fourth-order valence-corrected chi connectivity index (χ4v) is 1.52. The molecule has 0 radical (unpaired) electrons. The van der Waals surface area contributed by atoms with Crippen LogP contribution in [0, 0.1) is 11.8 Å². The third-order valence-electron chi connectivity index (χ3n) is 2.70. The predicted molar refractivity (Wildman–Crippen MR) is 67.3 cm³/mol. The number of carbonyl (C=O) groups is 1. The SMILES string of the molecule is CC#CC(=O)NCC(C)(CO)c1ccccc1. The molecule has 3 heteroatoms. The lowest BCUT2D eigenvalue weighted by Gasteiger charge is -2.27. The molecule has 0 aliphatic heterocycles. The van der Waals surface area contributed by atoms with Gasteiger partial charge in [0.2, 0.25) is 0 Å². The van der Waals surface area contributed by atoms with E-state index in [2.05, 4.69) is 17.2 Å². The van der Waals surface area contributed by atoms with E-state index in [1.54, 1.807) is 6.92 Å². The fraction of sp³-hybridized carbons (Fsp3) is 0.357. The topological polar surface area (TPSA) is 49.3 Å². The molecule has 0 heterocycles. The molecule has 1 aromatic rings. The molecule has 0 spiro atoms. The molecule has 0 fully saturated rings. The maximum Gasteiger partial charge on any atom is 0.295 e. The van der Waals surface area contributed by atoms with Gasteiger partial charge in [-0.1, -0.05) is 43.2 Å². The highest BCUT2D eigenvalue weighted by Gasteiger charge is 2.25. The average Bonchev–Trinajstić information content (AvgIpc) is 2.37. The summed E-state index contributed by atoms with van der Waals surface area (Å²) in [5, 5.41) is 12.2. The fourth-order valence-electron chi connectivity index (χ4n) is 1.52. The van der Waals surface area contributed by atoms with Gasteiger partial charge in [0.1, 0.15) is 0 Å². The molecule has 3 nitrogen and oxygen atoms in total. The lowest BCUT2D eigenvalue weighted by Crippen LogP contribution is -2.40. The van der Waals surface area contributed by atoms with E-state index in [0.29, 0.717) is 6.54 Å². The number of benzene rings is 1. The normalized spacial score (nSPS) is 13.1. The van der Waals surface area contributed by atoms with Crippen molar-refractivity contribution in [3.8, 4) is 11.8 Å². The molecule has 17 heavy (non-hydrogen) atoms. The van der Waals surface area contributed by atoms with E-state index in [-0.39, 0.29) is 12.5 Å². The first kappa shape index (κ1) is 13.3. The van der Waals surface area contributed by atoms with Gasteiger partial charge in [0.05, 0.1) is 6.61 Å². The monoisotopic (exact) mass is 231 g/mol. The van der Waals surface area contributed by atoms with Crippen molar-refractivity contribution in [3.63, 3.8) is 0 Å². The molecule has 1 amide bonds. The number of nitrogens with one attached hydrogen (secondary N) is 1. The summed E-state index contributed by atoms with van der Waals surface area (Å²) in [6.45, 7) is 3.85. The van der Waals surface area contributed by atoms with Crippen LogP contribution >= 0.6 is 0 Å². The van der Waals surface area contributed by atoms with Crippen LogP contribution in [0.2, 0.25) is 0 Å². The van der Waals surface area contributed by atoms with Crippen LogP contribution < -0.4 is 5.32 Å². The van der Waals surface area contributed by atoms with Gasteiger partial charge in [-0.3, -0.25) is 4.79 Å². The van der Waals surface area contributed by atoms with Crippen LogP contribution in [0.25, 0.3) is 0 Å². The van der Waals surface area contributed by atoms with Crippen LogP contribution in [0.1, 0.15) is 19.4 Å². The summed E-state index contributed by atoms with van der Waals surface area (Å²) in [5.74, 6) is 4.63. The lowest BCUT2D eigenvalue weighted by atomic mass is 9.83. The van der Waals surface area contributed by atoms with Crippen molar-refractivity contribution in [2.45, 2.75) is 19.3 Å². The third kappa shape index (κ3) is 3.61. The van der Waals surface area contributed by atoms with Crippen LogP contribution in [0.4, 0.5) is 0 Å². The van der Waals surface area contributed by atoms with E-state index in [1.165, 1.54) is 0 Å². The van der Waals surface area contributed by atoms with E-state index in [0.717, 1.165) is 5.56 Å². The minimum absolute atomic E-state index is 0.0309. The molecule has 1 aromatic carbocycles. The molecule has 0 aliphatic rings. The van der Waals surface area contributed by atoms with Crippen LogP contribution in [-0.4, -0.2) is 24.2 Å². The Morgan fingerprint density at radius 2 is 2.06 bits per heavy atom. The Kier molecular flexibility index (Phi) is 4.74. The predicted octanol–water partition coefficient (Wildman–Crippen LogP) is 1.08. The van der Waals surface area contributed by atoms with Gasteiger partial charge in [-0.2, -0.15) is 0 Å². The van der Waals surface area contributed by atoms with E-state index >= 15 is 0 Å². The Bertz CT molecular complexity index is 431. The van der Waals surface area contributed by atoms with Crippen molar-refractivity contribution in [1.82, 2.24) is 5.32 Å². The minimum Gasteiger partial charge on any atom is -0.395 e. The number of hydrogen-bond donors (Lipinski definition) is 2. The van der Waals surface area contributed by atoms with Crippen molar-refractivity contribution >= 4 is 5.91 Å². The quantitative estimate of drug-likeness (QED) is 0.762. The molecule has 0 aliphatic carbocycles. The van der Waals surface area contributed by atoms with Crippen molar-refractivity contribution in [2.24, 2.45) is 0 Å². The van der Waals surface area contributed by atoms with Crippen molar-refractivity contribution < 1.29 is 9.90 Å². The van der Waals surface area contributed by atoms with E-state index < -0.39 is 5.41 Å². The van der Waals surface area contributed by atoms with Crippen LogP contribution in [0.3, 0.4) is 0 Å². The molecular weight excluding hydrogens is 214 g/mol. The number of amides is 1. The summed E-state index contributed by atoms with van der Waals surface area (Å²) in [6, 6.07) is 9.62. The zero-order valence-corrected chi connectivity index (χ0v) is 10.2. The van der Waals surface area contributed by atoms with E-state index in [9.17, 15) is 9.90 Å². The number of carbonyl (C=O) groups excluding carboxylic acids is 1. The summed E-state index contributed by atoms with van der Waals surface area (Å²) in [5.41, 5.74) is 0.513. The van der Waals surface area contributed by atoms with Crippen LogP contribution in [-0.2, 0) is 10.2 Å². The number of hydrogen-bond acceptors (Lipinski definition) is 2. The van der Waals surface area contributed by atoms with E-state index in [1.807, 2.05) is 37.3 Å². The summed E-state index contributed by atoms with van der Waals surface area (Å²) in [4.78, 5) is 11.3. The molecule has 90 valence electrons. The Morgan fingerprint density at radius 3 is 2.59 bits per heavy atom. The summed E-state index contributed by atoms with van der Waals surface area (Å²) in [7, 11) is 0. The van der Waals surface area contributed by atoms with Crippen molar-refractivity contribution in [1.29, 1.82) is 0 Å². The van der Waals surface area contributed by atoms with Gasteiger partial charge in [-0.15, -0.1) is 0 Å². The lowest BCUT2D eigenvalue weighted by molar-refractivity contribution is -0.116. The van der Waals surface area contributed by atoms with Crippen LogP contribution in [0.15, 0.2) is 30.3 Å². The van der Waals surface area contributed by atoms with Crippen molar-refractivity contribution in [2.75, 3.05) is 13.2 Å². The van der Waals surface area contributed by atoms with Gasteiger partial charge in [0.25, 0.3) is 5.91 Å². The highest BCUT2D eigenvalue weighted by Crippen LogP contribution is 2.21. The molecule has 0 saturated carbocycles. The summed E-state index contributed by atoms with van der Waals surface area (Å²) >= 11 is 0. The number of aliphatic hydroxyl groups is 1. The third-order valence-corrected chi connectivity index (χ3v) is 2.70. The Morgan fingerprint density at radius 1 is 1.41 bits per heavy atom. The second kappa shape index (κ2) is 6.07. The highest BCUT2D eigenvalue weighted by molar-refractivity contribution is 5.93. The van der Waals surface area contributed by atoms with Crippen LogP contribution in [0.5, 0.6) is 0 Å². The Hall–Kier alpha value is -1.79. The first-order valence-electron chi connectivity index (χ1n) is 5.49. The first-order valence-corrected chi connectivity index (χ1v) is 5.49. The van der Waals surface area contributed by atoms with Gasteiger partial charge in [-0.05, 0) is 18.4 Å². The molecule has 2 N–H and O–H groups in total. The smallest absolute Gasteiger partial charge is 0.295 e. The highest BCUT2D eigenvalue weighted by atomic mass is 16.3. The van der Waals surface area contributed by atoms with Gasteiger partial charge in [-0.25, -0.2) is 0 Å². The zero-order chi connectivity index (χ0) is 12.7. The molecule has 0 bridgehead atoms. The van der Waals surface area contributed by atoms with Gasteiger partial charge >= 0.3 is 0 Å². The second-order valence-corrected chi connectivity index (χ2v) is 4.14. The number of aliphatic hydroxyl groups excluding tert-OH is 1. The largest absolute Gasteiger partial charge is 0.395 e. The minimum atomic E-state index is -0.480. The first-order chi connectivity index (χ1) is 8.12. The molecule has 0 aromatic heterocycles. The molecule has 1 unspecified atom stereocenters. The van der Waals surface area contributed by atoms with Gasteiger partial charge in [0.15, 0.2) is 0 Å². The Balaban J connectivity index is 2.75. The summed E-state index contributed by atoms with van der Waals surface area (Å²) in [6.07, 6.45) is 0. The Labute approximate surface area is 102 Å². The number of rotatable bonds is 4. The standard InChI is InChI=1S/C14H17NO2/c1-3-7-13(17)15-10-14(2,11-16)12-8-5-4-6-9-12/h4-6,8-9,16H,10-11H2,1-2H3,(H,15,17). The summed E-state index contributed by atoms with van der Waals surface area (Å²) < 4.78 is 0. The molecule has 0 saturated heterocycles. The molecule has 1 rings (SSSR count). The van der Waals surface area contributed by atoms with Crippen molar-refractivity contribution in [3.05, 3.63) is 35.9 Å².